The second-order valence-corrected chi connectivity index (χ2v) is 5.55. The van der Waals surface area contributed by atoms with E-state index in [4.69, 9.17) is 20.9 Å². The number of nitrogen functional groups attached to an aromatic ring is 2. The molecule has 0 bridgehead atoms. The molecular formula is C15H18N8O2. The van der Waals surface area contributed by atoms with E-state index in [0.29, 0.717) is 22.9 Å². The predicted octanol–water partition coefficient (Wildman–Crippen LogP) is 1.54. The summed E-state index contributed by atoms with van der Waals surface area (Å²) in [6.45, 7) is 4.09. The molecule has 25 heavy (non-hydrogen) atoms. The Labute approximate surface area is 143 Å². The number of aromatic nitrogens is 6. The second kappa shape index (κ2) is 6.59. The van der Waals surface area contributed by atoms with Gasteiger partial charge in [0.15, 0.2) is 11.6 Å². The molecule has 0 spiro atoms. The first-order valence-corrected chi connectivity index (χ1v) is 7.50. The topological polar surface area (TPSA) is 140 Å². The summed E-state index contributed by atoms with van der Waals surface area (Å²) in [5.41, 5.74) is 12.9. The minimum atomic E-state index is 0.0815. The van der Waals surface area contributed by atoms with Crippen LogP contribution in [-0.2, 0) is 0 Å². The van der Waals surface area contributed by atoms with Gasteiger partial charge in [-0.3, -0.25) is 0 Å². The van der Waals surface area contributed by atoms with Crippen molar-refractivity contribution < 1.29 is 9.47 Å². The van der Waals surface area contributed by atoms with Crippen LogP contribution >= 0.6 is 0 Å². The lowest BCUT2D eigenvalue weighted by Gasteiger charge is -2.18. The van der Waals surface area contributed by atoms with Crippen molar-refractivity contribution in [2.45, 2.75) is 19.8 Å². The average Bonchev–Trinajstić information content (AvgIpc) is 3.11. The van der Waals surface area contributed by atoms with Gasteiger partial charge in [0.25, 0.3) is 0 Å². The summed E-state index contributed by atoms with van der Waals surface area (Å²) in [6.07, 6.45) is 2.90. The van der Waals surface area contributed by atoms with Gasteiger partial charge >= 0.3 is 0 Å². The summed E-state index contributed by atoms with van der Waals surface area (Å²) in [6, 6.07) is 3.66. The van der Waals surface area contributed by atoms with Crippen LogP contribution in [0.25, 0.3) is 5.69 Å². The molecule has 0 saturated heterocycles. The molecule has 10 nitrogen and oxygen atoms in total. The van der Waals surface area contributed by atoms with Crippen LogP contribution < -0.4 is 20.9 Å². The van der Waals surface area contributed by atoms with Crippen LogP contribution in [-0.4, -0.2) is 37.3 Å². The molecule has 0 aliphatic carbocycles. The SMILES string of the molecule is COc1cc(C(C)C)c(Oc2cnc(N)nc2N)cc1-n1cnnn1. The van der Waals surface area contributed by atoms with E-state index in [1.54, 1.807) is 13.2 Å². The first kappa shape index (κ1) is 16.4. The van der Waals surface area contributed by atoms with Gasteiger partial charge in [-0.2, -0.15) is 9.67 Å². The fourth-order valence-electron chi connectivity index (χ4n) is 2.31. The molecule has 2 aromatic heterocycles. The molecule has 0 unspecified atom stereocenters. The number of nitrogens with two attached hydrogens (primary N) is 2. The third kappa shape index (κ3) is 3.27. The van der Waals surface area contributed by atoms with Crippen molar-refractivity contribution in [1.29, 1.82) is 0 Å². The van der Waals surface area contributed by atoms with Crippen molar-refractivity contribution in [1.82, 2.24) is 30.2 Å². The molecule has 4 N–H and O–H groups in total. The number of methoxy groups -OCH3 is 1. The van der Waals surface area contributed by atoms with Gasteiger partial charge in [-0.15, -0.1) is 5.10 Å². The quantitative estimate of drug-likeness (QED) is 0.706. The summed E-state index contributed by atoms with van der Waals surface area (Å²) in [5, 5.41) is 11.2. The number of hydrogen-bond donors (Lipinski definition) is 2. The summed E-state index contributed by atoms with van der Waals surface area (Å²) in [4.78, 5) is 7.82. The van der Waals surface area contributed by atoms with Crippen LogP contribution in [0, 0.1) is 0 Å². The Morgan fingerprint density at radius 1 is 1.12 bits per heavy atom. The fraction of sp³-hybridized carbons (Fsp3) is 0.267. The zero-order valence-corrected chi connectivity index (χ0v) is 14.0. The summed E-state index contributed by atoms with van der Waals surface area (Å²) in [7, 11) is 1.58. The van der Waals surface area contributed by atoms with Crippen LogP contribution in [0.3, 0.4) is 0 Å². The number of hydrogen-bond acceptors (Lipinski definition) is 9. The van der Waals surface area contributed by atoms with E-state index in [0.717, 1.165) is 5.56 Å². The standard InChI is InChI=1S/C15H18N8O2/c1-8(2)9-4-12(24-3)10(23-7-19-21-22-23)5-11(9)25-13-6-18-15(17)20-14(13)16/h4-8H,1-3H3,(H4,16,17,18,20). The molecule has 0 amide bonds. The number of anilines is 2. The molecule has 0 fully saturated rings. The van der Waals surface area contributed by atoms with Crippen molar-refractivity contribution in [3.8, 4) is 22.9 Å². The third-order valence-electron chi connectivity index (χ3n) is 3.55. The van der Waals surface area contributed by atoms with Gasteiger partial charge < -0.3 is 20.9 Å². The number of tetrazole rings is 1. The van der Waals surface area contributed by atoms with Gasteiger partial charge in [0, 0.05) is 11.6 Å². The maximum atomic E-state index is 5.95. The largest absolute Gasteiger partial charge is 0.494 e. The zero-order chi connectivity index (χ0) is 18.0. The first-order chi connectivity index (χ1) is 12.0. The molecule has 2 heterocycles. The smallest absolute Gasteiger partial charge is 0.222 e. The highest BCUT2D eigenvalue weighted by Crippen LogP contribution is 2.38. The molecule has 130 valence electrons. The van der Waals surface area contributed by atoms with E-state index >= 15 is 0 Å². The lowest BCUT2D eigenvalue weighted by molar-refractivity contribution is 0.407. The van der Waals surface area contributed by atoms with Crippen molar-refractivity contribution in [3.63, 3.8) is 0 Å². The summed E-state index contributed by atoms with van der Waals surface area (Å²) in [5.74, 6) is 1.90. The summed E-state index contributed by atoms with van der Waals surface area (Å²) < 4.78 is 12.9. The number of nitrogens with zero attached hydrogens (tertiary/aromatic N) is 6. The van der Waals surface area contributed by atoms with Crippen molar-refractivity contribution in [3.05, 3.63) is 30.2 Å². The highest BCUT2D eigenvalue weighted by Gasteiger charge is 2.18. The van der Waals surface area contributed by atoms with Gasteiger partial charge in [-0.1, -0.05) is 13.8 Å². The van der Waals surface area contributed by atoms with E-state index in [1.807, 2.05) is 19.9 Å². The second-order valence-electron chi connectivity index (χ2n) is 5.55. The van der Waals surface area contributed by atoms with Gasteiger partial charge in [-0.25, -0.2) is 4.98 Å². The Bertz CT molecular complexity index is 879. The molecule has 3 aromatic rings. The van der Waals surface area contributed by atoms with E-state index < -0.39 is 0 Å². The molecule has 0 saturated carbocycles. The van der Waals surface area contributed by atoms with Crippen molar-refractivity contribution in [2.24, 2.45) is 0 Å². The van der Waals surface area contributed by atoms with Gasteiger partial charge in [0.1, 0.15) is 23.5 Å². The van der Waals surface area contributed by atoms with E-state index in [9.17, 15) is 0 Å². The van der Waals surface area contributed by atoms with Gasteiger partial charge in [-0.05, 0) is 22.4 Å². The van der Waals surface area contributed by atoms with Crippen LogP contribution in [0.15, 0.2) is 24.7 Å². The predicted molar refractivity (Wildman–Crippen MR) is 90.7 cm³/mol. The Hall–Kier alpha value is -3.43. The van der Waals surface area contributed by atoms with Crippen molar-refractivity contribution in [2.75, 3.05) is 18.6 Å². The van der Waals surface area contributed by atoms with Gasteiger partial charge in [0.2, 0.25) is 5.95 Å². The summed E-state index contributed by atoms with van der Waals surface area (Å²) >= 11 is 0. The highest BCUT2D eigenvalue weighted by molar-refractivity contribution is 5.58. The minimum absolute atomic E-state index is 0.0815. The first-order valence-electron chi connectivity index (χ1n) is 7.50. The van der Waals surface area contributed by atoms with Gasteiger partial charge in [0.05, 0.1) is 13.3 Å². The van der Waals surface area contributed by atoms with E-state index in [-0.39, 0.29) is 17.7 Å². The Balaban J connectivity index is 2.11. The number of benzene rings is 1. The molecule has 0 aliphatic rings. The molecule has 0 aliphatic heterocycles. The lowest BCUT2D eigenvalue weighted by Crippen LogP contribution is -2.05. The maximum Gasteiger partial charge on any atom is 0.222 e. The molecule has 0 atom stereocenters. The monoisotopic (exact) mass is 342 g/mol. The number of rotatable bonds is 5. The molecular weight excluding hydrogens is 324 g/mol. The van der Waals surface area contributed by atoms with Crippen LogP contribution in [0.5, 0.6) is 17.2 Å². The molecule has 10 heteroatoms. The Morgan fingerprint density at radius 3 is 2.52 bits per heavy atom. The van der Waals surface area contributed by atoms with E-state index in [1.165, 1.54) is 17.2 Å². The molecule has 0 radical (unpaired) electrons. The third-order valence-corrected chi connectivity index (χ3v) is 3.55. The Kier molecular flexibility index (Phi) is 4.33. The normalized spacial score (nSPS) is 10.9. The average molecular weight is 342 g/mol. The molecule has 3 rings (SSSR count). The van der Waals surface area contributed by atoms with E-state index in [2.05, 4.69) is 25.5 Å². The lowest BCUT2D eigenvalue weighted by atomic mass is 10.0. The Morgan fingerprint density at radius 2 is 1.92 bits per heavy atom. The number of ether oxygens (including phenoxy) is 2. The fourth-order valence-corrected chi connectivity index (χ4v) is 2.31. The van der Waals surface area contributed by atoms with Crippen LogP contribution in [0.1, 0.15) is 25.3 Å². The molecule has 1 aromatic carbocycles. The minimum Gasteiger partial charge on any atom is -0.494 e. The zero-order valence-electron chi connectivity index (χ0n) is 14.0. The van der Waals surface area contributed by atoms with Crippen LogP contribution in [0.4, 0.5) is 11.8 Å². The van der Waals surface area contributed by atoms with Crippen LogP contribution in [0.2, 0.25) is 0 Å². The maximum absolute atomic E-state index is 5.95. The highest BCUT2D eigenvalue weighted by atomic mass is 16.5. The van der Waals surface area contributed by atoms with Crippen molar-refractivity contribution >= 4 is 11.8 Å².